The molecule has 3 unspecified atom stereocenters. The van der Waals surface area contributed by atoms with Crippen LogP contribution in [0.3, 0.4) is 0 Å². The molecule has 3 N–H and O–H groups in total. The summed E-state index contributed by atoms with van der Waals surface area (Å²) in [4.78, 5) is 16.9. The summed E-state index contributed by atoms with van der Waals surface area (Å²) in [6.45, 7) is 4.57. The zero-order valence-electron chi connectivity index (χ0n) is 14.0. The molecular formula is C17H27N3O2S. The lowest BCUT2D eigenvalue weighted by atomic mass is 9.73. The van der Waals surface area contributed by atoms with Crippen LogP contribution in [-0.2, 0) is 0 Å². The number of aromatic nitrogens is 1. The standard InChI is InChI=1S/C17H27N3O2S/c1-11-9-23-15(19-11)14(12-6-7-12)20-16(22)18-10-17(2)8-4-3-5-13(17)21/h9,12-14,21H,3-8,10H2,1-2H3,(H2,18,20,22). The van der Waals surface area contributed by atoms with Crippen LogP contribution < -0.4 is 10.6 Å². The molecule has 6 heteroatoms. The van der Waals surface area contributed by atoms with E-state index in [1.807, 2.05) is 12.3 Å². The van der Waals surface area contributed by atoms with Crippen molar-refractivity contribution in [1.29, 1.82) is 0 Å². The number of aliphatic hydroxyl groups is 1. The number of carbonyl (C=O) groups excluding carboxylic acids is 1. The van der Waals surface area contributed by atoms with Gasteiger partial charge in [0.1, 0.15) is 5.01 Å². The van der Waals surface area contributed by atoms with E-state index in [0.29, 0.717) is 12.5 Å². The minimum Gasteiger partial charge on any atom is -0.392 e. The fourth-order valence-corrected chi connectivity index (χ4v) is 4.33. The van der Waals surface area contributed by atoms with Crippen LogP contribution >= 0.6 is 11.3 Å². The number of hydrogen-bond acceptors (Lipinski definition) is 4. The van der Waals surface area contributed by atoms with Gasteiger partial charge >= 0.3 is 6.03 Å². The number of aryl methyl sites for hydroxylation is 1. The van der Waals surface area contributed by atoms with E-state index in [2.05, 4.69) is 22.5 Å². The Bertz CT molecular complexity index is 558. The van der Waals surface area contributed by atoms with E-state index in [0.717, 1.165) is 49.2 Å². The summed E-state index contributed by atoms with van der Waals surface area (Å²) in [5.41, 5.74) is 0.804. The summed E-state index contributed by atoms with van der Waals surface area (Å²) in [5.74, 6) is 0.516. The van der Waals surface area contributed by atoms with Crippen molar-refractivity contribution in [3.63, 3.8) is 0 Å². The van der Waals surface area contributed by atoms with Crippen LogP contribution in [0.4, 0.5) is 4.79 Å². The predicted molar refractivity (Wildman–Crippen MR) is 91.4 cm³/mol. The molecule has 0 bridgehead atoms. The Labute approximate surface area is 141 Å². The van der Waals surface area contributed by atoms with Crippen molar-refractivity contribution in [2.45, 2.75) is 64.5 Å². The first kappa shape index (κ1) is 16.7. The van der Waals surface area contributed by atoms with E-state index in [4.69, 9.17) is 0 Å². The molecule has 3 rings (SSSR count). The fraction of sp³-hybridized carbons (Fsp3) is 0.765. The topological polar surface area (TPSA) is 74.2 Å². The van der Waals surface area contributed by atoms with Gasteiger partial charge in [-0.05, 0) is 38.5 Å². The summed E-state index contributed by atoms with van der Waals surface area (Å²) < 4.78 is 0. The maximum atomic E-state index is 12.3. The number of amides is 2. The molecule has 2 aliphatic rings. The van der Waals surface area contributed by atoms with Gasteiger partial charge in [0, 0.05) is 23.0 Å². The third-order valence-corrected chi connectivity index (χ3v) is 6.26. The molecule has 0 aliphatic heterocycles. The summed E-state index contributed by atoms with van der Waals surface area (Å²) in [6, 6.07) is -0.119. The van der Waals surface area contributed by atoms with Crippen LogP contribution in [0.15, 0.2) is 5.38 Å². The van der Waals surface area contributed by atoms with Crippen LogP contribution in [0.25, 0.3) is 0 Å². The summed E-state index contributed by atoms with van der Waals surface area (Å²) in [7, 11) is 0. The Morgan fingerprint density at radius 2 is 2.26 bits per heavy atom. The number of rotatable bonds is 5. The van der Waals surface area contributed by atoms with Crippen LogP contribution in [0.1, 0.15) is 62.2 Å². The van der Waals surface area contributed by atoms with Gasteiger partial charge in [-0.1, -0.05) is 19.8 Å². The molecule has 0 spiro atoms. The zero-order chi connectivity index (χ0) is 16.4. The molecule has 0 radical (unpaired) electrons. The monoisotopic (exact) mass is 337 g/mol. The highest BCUT2D eigenvalue weighted by Crippen LogP contribution is 2.42. The molecule has 1 aromatic heterocycles. The Kier molecular flexibility index (Phi) is 4.92. The molecule has 23 heavy (non-hydrogen) atoms. The van der Waals surface area contributed by atoms with E-state index in [-0.39, 0.29) is 23.6 Å². The number of aliphatic hydroxyl groups excluding tert-OH is 1. The number of urea groups is 1. The van der Waals surface area contributed by atoms with E-state index in [1.54, 1.807) is 11.3 Å². The zero-order valence-corrected chi connectivity index (χ0v) is 14.8. The molecular weight excluding hydrogens is 310 g/mol. The van der Waals surface area contributed by atoms with E-state index >= 15 is 0 Å². The normalized spacial score (nSPS) is 29.1. The van der Waals surface area contributed by atoms with E-state index in [1.165, 1.54) is 0 Å². The highest BCUT2D eigenvalue weighted by atomic mass is 32.1. The average Bonchev–Trinajstić information content (AvgIpc) is 3.27. The SMILES string of the molecule is Cc1csc(C(NC(=O)NCC2(C)CCCCC2O)C2CC2)n1. The summed E-state index contributed by atoms with van der Waals surface area (Å²) in [6.07, 6.45) is 5.99. The highest BCUT2D eigenvalue weighted by molar-refractivity contribution is 7.09. The van der Waals surface area contributed by atoms with Crippen LogP contribution in [0.5, 0.6) is 0 Å². The molecule has 3 atom stereocenters. The highest BCUT2D eigenvalue weighted by Gasteiger charge is 2.37. The lowest BCUT2D eigenvalue weighted by Gasteiger charge is -2.38. The van der Waals surface area contributed by atoms with Crippen molar-refractivity contribution in [2.75, 3.05) is 6.54 Å². The Balaban J connectivity index is 1.55. The molecule has 2 aliphatic carbocycles. The predicted octanol–water partition coefficient (Wildman–Crippen LogP) is 3.14. The van der Waals surface area contributed by atoms with Crippen LogP contribution in [-0.4, -0.2) is 28.8 Å². The summed E-state index contributed by atoms with van der Waals surface area (Å²) in [5, 5.41) is 19.3. The van der Waals surface area contributed by atoms with Crippen LogP contribution in [0, 0.1) is 18.3 Å². The van der Waals surface area contributed by atoms with Crippen molar-refractivity contribution < 1.29 is 9.90 Å². The van der Waals surface area contributed by atoms with Gasteiger partial charge in [0.25, 0.3) is 0 Å². The van der Waals surface area contributed by atoms with E-state index < -0.39 is 0 Å². The minimum absolute atomic E-state index is 0.0257. The maximum Gasteiger partial charge on any atom is 0.315 e. The third kappa shape index (κ3) is 4.04. The fourth-order valence-electron chi connectivity index (χ4n) is 3.39. The Morgan fingerprint density at radius 3 is 2.87 bits per heavy atom. The molecule has 0 saturated heterocycles. The Hall–Kier alpha value is -1.14. The average molecular weight is 337 g/mol. The quantitative estimate of drug-likeness (QED) is 0.773. The maximum absolute atomic E-state index is 12.3. The van der Waals surface area contributed by atoms with Gasteiger partial charge < -0.3 is 15.7 Å². The molecule has 5 nitrogen and oxygen atoms in total. The molecule has 0 aromatic carbocycles. The lowest BCUT2D eigenvalue weighted by molar-refractivity contribution is 0.00303. The second-order valence-electron chi connectivity index (χ2n) is 7.38. The molecule has 1 aromatic rings. The lowest BCUT2D eigenvalue weighted by Crippen LogP contribution is -2.48. The van der Waals surface area contributed by atoms with Crippen molar-refractivity contribution >= 4 is 17.4 Å². The van der Waals surface area contributed by atoms with Crippen molar-refractivity contribution in [2.24, 2.45) is 11.3 Å². The largest absolute Gasteiger partial charge is 0.392 e. The van der Waals surface area contributed by atoms with E-state index in [9.17, 15) is 9.90 Å². The summed E-state index contributed by atoms with van der Waals surface area (Å²) >= 11 is 1.62. The second-order valence-corrected chi connectivity index (χ2v) is 8.27. The molecule has 128 valence electrons. The Morgan fingerprint density at radius 1 is 1.48 bits per heavy atom. The first-order valence-corrected chi connectivity index (χ1v) is 9.50. The molecule has 2 saturated carbocycles. The first-order chi connectivity index (χ1) is 11.0. The van der Waals surface area contributed by atoms with Gasteiger partial charge in [-0.2, -0.15) is 0 Å². The van der Waals surface area contributed by atoms with Crippen molar-refractivity contribution in [3.05, 3.63) is 16.1 Å². The van der Waals surface area contributed by atoms with Crippen LogP contribution in [0.2, 0.25) is 0 Å². The molecule has 1 heterocycles. The van der Waals surface area contributed by atoms with Gasteiger partial charge in [0.05, 0.1) is 12.1 Å². The van der Waals surface area contributed by atoms with Gasteiger partial charge in [0.2, 0.25) is 0 Å². The van der Waals surface area contributed by atoms with Gasteiger partial charge in [0.15, 0.2) is 0 Å². The molecule has 2 fully saturated rings. The number of hydrogen-bond donors (Lipinski definition) is 3. The number of nitrogens with zero attached hydrogens (tertiary/aromatic N) is 1. The smallest absolute Gasteiger partial charge is 0.315 e. The molecule has 2 amide bonds. The van der Waals surface area contributed by atoms with Gasteiger partial charge in [-0.25, -0.2) is 9.78 Å². The second kappa shape index (κ2) is 6.77. The van der Waals surface area contributed by atoms with Crippen molar-refractivity contribution in [1.82, 2.24) is 15.6 Å². The first-order valence-electron chi connectivity index (χ1n) is 8.62. The van der Waals surface area contributed by atoms with Gasteiger partial charge in [-0.15, -0.1) is 11.3 Å². The third-order valence-electron chi connectivity index (χ3n) is 5.22. The number of carbonyl (C=O) groups is 1. The van der Waals surface area contributed by atoms with Gasteiger partial charge in [-0.3, -0.25) is 0 Å². The minimum atomic E-state index is -0.322. The number of thiazole rings is 1. The number of nitrogens with one attached hydrogen (secondary N) is 2. The van der Waals surface area contributed by atoms with Crippen molar-refractivity contribution in [3.8, 4) is 0 Å².